The summed E-state index contributed by atoms with van der Waals surface area (Å²) in [6.45, 7) is 4.78. The van der Waals surface area contributed by atoms with Gasteiger partial charge in [0.25, 0.3) is 0 Å². The topological polar surface area (TPSA) is 67.2 Å². The number of hydrogen-bond acceptors (Lipinski definition) is 4. The number of fused-ring (bicyclic) bond motifs is 1. The van der Waals surface area contributed by atoms with Crippen molar-refractivity contribution in [1.82, 2.24) is 14.7 Å². The van der Waals surface area contributed by atoms with Gasteiger partial charge in [-0.2, -0.15) is 5.10 Å². The molecule has 0 radical (unpaired) electrons. The average molecular weight is 385 g/mol. The fraction of sp³-hybridized carbons (Fsp3) is 0.450. The smallest absolute Gasteiger partial charge is 0.249 e. The number of carbonyl (C=O) groups excluding carboxylic acids is 2. The van der Waals surface area contributed by atoms with Crippen LogP contribution in [0.5, 0.6) is 0 Å². The zero-order valence-corrected chi connectivity index (χ0v) is 16.5. The van der Waals surface area contributed by atoms with Crippen LogP contribution >= 0.6 is 11.8 Å². The van der Waals surface area contributed by atoms with Crippen molar-refractivity contribution in [2.75, 3.05) is 11.1 Å². The summed E-state index contributed by atoms with van der Waals surface area (Å²) in [5, 5.41) is 7.32. The Morgan fingerprint density at radius 2 is 2.04 bits per heavy atom. The summed E-state index contributed by atoms with van der Waals surface area (Å²) in [4.78, 5) is 26.7. The zero-order valence-electron chi connectivity index (χ0n) is 15.6. The molecule has 2 amide bonds. The third kappa shape index (κ3) is 3.36. The van der Waals surface area contributed by atoms with Gasteiger partial charge >= 0.3 is 0 Å². The maximum absolute atomic E-state index is 12.9. The number of anilines is 1. The van der Waals surface area contributed by atoms with Crippen LogP contribution in [0.4, 0.5) is 5.82 Å². The lowest BCUT2D eigenvalue weighted by Crippen LogP contribution is -2.48. The van der Waals surface area contributed by atoms with E-state index in [9.17, 15) is 9.59 Å². The second-order valence-electron chi connectivity index (χ2n) is 7.30. The maximum Gasteiger partial charge on any atom is 0.249 e. The van der Waals surface area contributed by atoms with Gasteiger partial charge in [0.1, 0.15) is 11.9 Å². The second-order valence-corrected chi connectivity index (χ2v) is 8.80. The molecule has 6 nitrogen and oxygen atoms in total. The molecule has 3 heterocycles. The van der Waals surface area contributed by atoms with E-state index in [1.807, 2.05) is 0 Å². The number of rotatable bonds is 5. The van der Waals surface area contributed by atoms with Crippen molar-refractivity contribution in [3.8, 4) is 0 Å². The SMILES string of the molecule is CCc1ccc(Cn2nccc2NC(=O)[C@H]2CS[C@]3(C)CCC(=O)N23)cc1. The molecule has 2 aromatic rings. The van der Waals surface area contributed by atoms with Gasteiger partial charge in [-0.1, -0.05) is 31.2 Å². The third-order valence-electron chi connectivity index (χ3n) is 5.48. The molecule has 1 aromatic heterocycles. The van der Waals surface area contributed by atoms with Crippen molar-refractivity contribution < 1.29 is 9.59 Å². The van der Waals surface area contributed by atoms with E-state index in [-0.39, 0.29) is 16.7 Å². The van der Waals surface area contributed by atoms with E-state index in [0.29, 0.717) is 24.5 Å². The Hall–Kier alpha value is -2.28. The summed E-state index contributed by atoms with van der Waals surface area (Å²) in [6, 6.07) is 9.80. The fourth-order valence-corrected chi connectivity index (χ4v) is 5.27. The predicted molar refractivity (Wildman–Crippen MR) is 107 cm³/mol. The van der Waals surface area contributed by atoms with Crippen LogP contribution in [0, 0.1) is 0 Å². The van der Waals surface area contributed by atoms with E-state index < -0.39 is 6.04 Å². The number of nitrogens with one attached hydrogen (secondary N) is 1. The molecule has 1 N–H and O–H groups in total. The molecule has 2 saturated heterocycles. The van der Waals surface area contributed by atoms with Gasteiger partial charge < -0.3 is 10.2 Å². The summed E-state index contributed by atoms with van der Waals surface area (Å²) in [6.07, 6.45) is 4.03. The molecule has 2 fully saturated rings. The first-order valence-corrected chi connectivity index (χ1v) is 10.4. The summed E-state index contributed by atoms with van der Waals surface area (Å²) < 4.78 is 1.78. The van der Waals surface area contributed by atoms with E-state index in [1.54, 1.807) is 33.6 Å². The molecule has 2 aliphatic heterocycles. The number of aromatic nitrogens is 2. The number of thioether (sulfide) groups is 1. The van der Waals surface area contributed by atoms with Gasteiger partial charge in [-0.3, -0.25) is 9.59 Å². The number of carbonyl (C=O) groups is 2. The highest BCUT2D eigenvalue weighted by Gasteiger charge is 2.52. The van der Waals surface area contributed by atoms with E-state index in [0.717, 1.165) is 18.4 Å². The average Bonchev–Trinajstić information content (AvgIpc) is 3.32. The number of hydrogen-bond donors (Lipinski definition) is 1. The van der Waals surface area contributed by atoms with Crippen LogP contribution in [0.25, 0.3) is 0 Å². The zero-order chi connectivity index (χ0) is 19.0. The van der Waals surface area contributed by atoms with Crippen molar-refractivity contribution in [3.05, 3.63) is 47.7 Å². The quantitative estimate of drug-likeness (QED) is 0.861. The lowest BCUT2D eigenvalue weighted by atomic mass is 10.1. The van der Waals surface area contributed by atoms with Crippen molar-refractivity contribution in [2.24, 2.45) is 0 Å². The van der Waals surface area contributed by atoms with Gasteiger partial charge in [0.2, 0.25) is 11.8 Å². The van der Waals surface area contributed by atoms with Crippen molar-refractivity contribution in [1.29, 1.82) is 0 Å². The monoisotopic (exact) mass is 384 g/mol. The summed E-state index contributed by atoms with van der Waals surface area (Å²) in [7, 11) is 0. The molecule has 1 aromatic carbocycles. The van der Waals surface area contributed by atoms with Gasteiger partial charge in [0, 0.05) is 18.2 Å². The molecular formula is C20H24N4O2S. The van der Waals surface area contributed by atoms with Crippen LogP contribution in [-0.4, -0.2) is 43.2 Å². The molecule has 142 valence electrons. The lowest BCUT2D eigenvalue weighted by molar-refractivity contribution is -0.135. The molecule has 0 saturated carbocycles. The Kier molecular flexibility index (Phi) is 4.72. The number of aryl methyl sites for hydroxylation is 1. The number of benzene rings is 1. The molecule has 2 atom stereocenters. The molecule has 0 bridgehead atoms. The Labute approximate surface area is 163 Å². The highest BCUT2D eigenvalue weighted by Crippen LogP contribution is 2.47. The molecule has 0 spiro atoms. The first-order valence-electron chi connectivity index (χ1n) is 9.37. The molecule has 7 heteroatoms. The molecule has 0 aliphatic carbocycles. The minimum atomic E-state index is -0.415. The Morgan fingerprint density at radius 3 is 2.78 bits per heavy atom. The standard InChI is InChI=1S/C20H24N4O2S/c1-3-14-4-6-15(7-5-14)12-23-17(9-11-21-23)22-19(26)16-13-27-20(2)10-8-18(25)24(16)20/h4-7,9,11,16H,3,8,10,12-13H2,1-2H3,(H,22,26)/t16-,20-/m1/s1. The van der Waals surface area contributed by atoms with E-state index in [1.165, 1.54) is 5.56 Å². The van der Waals surface area contributed by atoms with Crippen molar-refractivity contribution in [3.63, 3.8) is 0 Å². The first-order chi connectivity index (χ1) is 13.0. The van der Waals surface area contributed by atoms with Crippen LogP contribution < -0.4 is 5.32 Å². The molecule has 27 heavy (non-hydrogen) atoms. The first kappa shape index (κ1) is 18.1. The van der Waals surface area contributed by atoms with Crippen LogP contribution in [0.3, 0.4) is 0 Å². The van der Waals surface area contributed by atoms with E-state index in [4.69, 9.17) is 0 Å². The summed E-state index contributed by atoms with van der Waals surface area (Å²) >= 11 is 1.70. The van der Waals surface area contributed by atoms with Crippen LogP contribution in [0.15, 0.2) is 36.5 Å². The van der Waals surface area contributed by atoms with Gasteiger partial charge in [0.05, 0.1) is 17.6 Å². The van der Waals surface area contributed by atoms with Crippen molar-refractivity contribution in [2.45, 2.75) is 50.6 Å². The van der Waals surface area contributed by atoms with Gasteiger partial charge in [0.15, 0.2) is 0 Å². The molecule has 2 aliphatic rings. The van der Waals surface area contributed by atoms with E-state index >= 15 is 0 Å². The predicted octanol–water partition coefficient (Wildman–Crippen LogP) is 2.89. The Balaban J connectivity index is 1.46. The number of amides is 2. The summed E-state index contributed by atoms with van der Waals surface area (Å²) in [5.74, 6) is 1.24. The van der Waals surface area contributed by atoms with E-state index in [2.05, 4.69) is 48.5 Å². The normalized spacial score (nSPS) is 24.3. The van der Waals surface area contributed by atoms with Gasteiger partial charge in [-0.25, -0.2) is 4.68 Å². The third-order valence-corrected chi connectivity index (χ3v) is 6.98. The van der Waals surface area contributed by atoms with Gasteiger partial charge in [-0.05, 0) is 30.9 Å². The Morgan fingerprint density at radius 1 is 1.30 bits per heavy atom. The molecular weight excluding hydrogens is 360 g/mol. The Bertz CT molecular complexity index is 863. The highest BCUT2D eigenvalue weighted by atomic mass is 32.2. The summed E-state index contributed by atoms with van der Waals surface area (Å²) in [5.41, 5.74) is 2.43. The van der Waals surface area contributed by atoms with Crippen molar-refractivity contribution >= 4 is 29.4 Å². The maximum atomic E-state index is 12.9. The fourth-order valence-electron chi connectivity index (χ4n) is 3.84. The minimum absolute atomic E-state index is 0.0761. The lowest BCUT2D eigenvalue weighted by Gasteiger charge is -2.29. The molecule has 4 rings (SSSR count). The second kappa shape index (κ2) is 7.03. The highest BCUT2D eigenvalue weighted by molar-refractivity contribution is 8.01. The number of nitrogens with zero attached hydrogens (tertiary/aromatic N) is 3. The van der Waals surface area contributed by atoms with Crippen LogP contribution in [-0.2, 0) is 22.6 Å². The van der Waals surface area contributed by atoms with Crippen LogP contribution in [0.2, 0.25) is 0 Å². The van der Waals surface area contributed by atoms with Crippen LogP contribution in [0.1, 0.15) is 37.8 Å². The minimum Gasteiger partial charge on any atom is -0.315 e. The molecule has 0 unspecified atom stereocenters. The largest absolute Gasteiger partial charge is 0.315 e. The van der Waals surface area contributed by atoms with Gasteiger partial charge in [-0.15, -0.1) is 11.8 Å².